The minimum Gasteiger partial charge on any atom is -0.390 e. The van der Waals surface area contributed by atoms with Gasteiger partial charge in [0.25, 0.3) is 0 Å². The summed E-state index contributed by atoms with van der Waals surface area (Å²) in [5.74, 6) is 1.04. The summed E-state index contributed by atoms with van der Waals surface area (Å²) in [7, 11) is 0. The van der Waals surface area contributed by atoms with Crippen LogP contribution in [0.2, 0.25) is 0 Å². The van der Waals surface area contributed by atoms with Gasteiger partial charge in [0.1, 0.15) is 0 Å². The molecule has 136 valence electrons. The Morgan fingerprint density at radius 1 is 1.08 bits per heavy atom. The molecule has 1 N–H and O–H groups in total. The number of aliphatic hydroxyl groups is 1. The van der Waals surface area contributed by atoms with Crippen LogP contribution in [-0.4, -0.2) is 34.6 Å². The van der Waals surface area contributed by atoms with Gasteiger partial charge in [-0.15, -0.1) is 0 Å². The summed E-state index contributed by atoms with van der Waals surface area (Å²) in [6.07, 6.45) is 6.29. The second kappa shape index (κ2) is 5.84. The molecule has 0 aromatic heterocycles. The number of hydrogen-bond acceptors (Lipinski definition) is 2. The Morgan fingerprint density at radius 3 is 2.16 bits per heavy atom. The van der Waals surface area contributed by atoms with Crippen LogP contribution in [0, 0.1) is 25.2 Å². The van der Waals surface area contributed by atoms with Crippen molar-refractivity contribution in [1.29, 1.82) is 0 Å². The number of carbonyl (C=O) groups excluding carboxylic acids is 1. The number of rotatable bonds is 2. The highest BCUT2D eigenvalue weighted by atomic mass is 16.3. The Labute approximate surface area is 151 Å². The van der Waals surface area contributed by atoms with Crippen LogP contribution in [0.3, 0.4) is 0 Å². The Balaban J connectivity index is 1.30. The van der Waals surface area contributed by atoms with E-state index in [0.29, 0.717) is 24.2 Å². The van der Waals surface area contributed by atoms with Gasteiger partial charge in [-0.05, 0) is 70.8 Å². The molecular formula is C22H31NO2. The van der Waals surface area contributed by atoms with Gasteiger partial charge in [0.05, 0.1) is 5.60 Å². The number of aryl methyl sites for hydroxylation is 2. The van der Waals surface area contributed by atoms with Gasteiger partial charge >= 0.3 is 0 Å². The average molecular weight is 341 g/mol. The van der Waals surface area contributed by atoms with E-state index >= 15 is 0 Å². The van der Waals surface area contributed by atoms with Crippen molar-refractivity contribution in [1.82, 2.24) is 4.90 Å². The summed E-state index contributed by atoms with van der Waals surface area (Å²) < 4.78 is 0. The van der Waals surface area contributed by atoms with Crippen LogP contribution in [0.5, 0.6) is 0 Å². The molecule has 0 atom stereocenters. The molecular weight excluding hydrogens is 310 g/mol. The van der Waals surface area contributed by atoms with Gasteiger partial charge in [-0.3, -0.25) is 4.79 Å². The first-order valence-corrected chi connectivity index (χ1v) is 9.85. The molecule has 3 nitrogen and oxygen atoms in total. The Hall–Kier alpha value is -1.35. The first-order chi connectivity index (χ1) is 11.8. The standard InChI is InChI=1S/C22H31NO2/c1-15-8-16(2)10-18(9-15)17-4-6-22(7-5-17)13-23(14-22)20(24)19-11-21(3,25)12-19/h8-10,17,19,25H,4-7,11-14H2,1-3H3. The second-order valence-corrected chi connectivity index (χ2v) is 9.49. The highest BCUT2D eigenvalue weighted by Crippen LogP contribution is 2.50. The summed E-state index contributed by atoms with van der Waals surface area (Å²) in [6, 6.07) is 6.96. The lowest BCUT2D eigenvalue weighted by Crippen LogP contribution is -2.62. The molecule has 1 aromatic rings. The fraction of sp³-hybridized carbons (Fsp3) is 0.682. The van der Waals surface area contributed by atoms with Crippen LogP contribution in [0.25, 0.3) is 0 Å². The third kappa shape index (κ3) is 3.23. The Bertz CT molecular complexity index is 649. The minimum absolute atomic E-state index is 0.0685. The van der Waals surface area contributed by atoms with Crippen molar-refractivity contribution in [3.63, 3.8) is 0 Å². The van der Waals surface area contributed by atoms with Gasteiger partial charge in [-0.2, -0.15) is 0 Å². The molecule has 3 heteroatoms. The maximum Gasteiger partial charge on any atom is 0.225 e. The molecule has 0 bridgehead atoms. The molecule has 3 fully saturated rings. The predicted octanol–water partition coefficient (Wildman–Crippen LogP) is 3.95. The monoisotopic (exact) mass is 341 g/mol. The quantitative estimate of drug-likeness (QED) is 0.885. The highest BCUT2D eigenvalue weighted by Gasteiger charge is 2.51. The summed E-state index contributed by atoms with van der Waals surface area (Å²) >= 11 is 0. The van der Waals surface area contributed by atoms with Gasteiger partial charge in [0, 0.05) is 24.4 Å². The third-order valence-corrected chi connectivity index (χ3v) is 6.85. The van der Waals surface area contributed by atoms with Crippen molar-refractivity contribution in [2.75, 3.05) is 13.1 Å². The van der Waals surface area contributed by atoms with Crippen molar-refractivity contribution in [3.05, 3.63) is 34.9 Å². The molecule has 1 saturated heterocycles. The van der Waals surface area contributed by atoms with Crippen molar-refractivity contribution < 1.29 is 9.90 Å². The van der Waals surface area contributed by atoms with Crippen molar-refractivity contribution in [2.45, 2.75) is 70.8 Å². The number of benzene rings is 1. The molecule has 1 heterocycles. The van der Waals surface area contributed by atoms with E-state index in [-0.39, 0.29) is 11.8 Å². The lowest BCUT2D eigenvalue weighted by molar-refractivity contribution is -0.163. The van der Waals surface area contributed by atoms with Crippen LogP contribution in [0.1, 0.15) is 68.1 Å². The van der Waals surface area contributed by atoms with Crippen LogP contribution in [0.4, 0.5) is 0 Å². The van der Waals surface area contributed by atoms with Gasteiger partial charge < -0.3 is 10.0 Å². The topological polar surface area (TPSA) is 40.5 Å². The molecule has 3 aliphatic rings. The molecule has 1 aromatic carbocycles. The smallest absolute Gasteiger partial charge is 0.225 e. The third-order valence-electron chi connectivity index (χ3n) is 6.85. The number of carbonyl (C=O) groups is 1. The SMILES string of the molecule is Cc1cc(C)cc(C2CCC3(CC2)CN(C(=O)C2CC(C)(O)C2)C3)c1. The molecule has 2 saturated carbocycles. The lowest BCUT2D eigenvalue weighted by Gasteiger charge is -2.55. The molecule has 1 amide bonds. The van der Waals surface area contributed by atoms with E-state index in [4.69, 9.17) is 0 Å². The van der Waals surface area contributed by atoms with Gasteiger partial charge in [-0.1, -0.05) is 29.3 Å². The zero-order valence-corrected chi connectivity index (χ0v) is 15.8. The average Bonchev–Trinajstić information content (AvgIpc) is 2.48. The second-order valence-electron chi connectivity index (χ2n) is 9.49. The van der Waals surface area contributed by atoms with Crippen molar-refractivity contribution in [2.24, 2.45) is 11.3 Å². The summed E-state index contributed by atoms with van der Waals surface area (Å²) in [5.41, 5.74) is 4.03. The number of hydrogen-bond donors (Lipinski definition) is 1. The fourth-order valence-electron chi connectivity index (χ4n) is 5.48. The maximum absolute atomic E-state index is 12.5. The van der Waals surface area contributed by atoms with E-state index < -0.39 is 5.60 Å². The number of likely N-dealkylation sites (tertiary alicyclic amines) is 1. The zero-order valence-electron chi connectivity index (χ0n) is 15.8. The first kappa shape index (κ1) is 17.1. The number of nitrogens with zero attached hydrogens (tertiary/aromatic N) is 1. The van der Waals surface area contributed by atoms with Gasteiger partial charge in [0.2, 0.25) is 5.91 Å². The Kier molecular flexibility index (Phi) is 3.99. The van der Waals surface area contributed by atoms with Gasteiger partial charge in [-0.25, -0.2) is 0 Å². The first-order valence-electron chi connectivity index (χ1n) is 9.85. The molecule has 0 radical (unpaired) electrons. The summed E-state index contributed by atoms with van der Waals surface area (Å²) in [6.45, 7) is 8.11. The van der Waals surface area contributed by atoms with Crippen LogP contribution >= 0.6 is 0 Å². The molecule has 1 spiro atoms. The lowest BCUT2D eigenvalue weighted by atomic mass is 9.63. The highest BCUT2D eigenvalue weighted by molar-refractivity contribution is 5.81. The van der Waals surface area contributed by atoms with Crippen LogP contribution < -0.4 is 0 Å². The van der Waals surface area contributed by atoms with Crippen LogP contribution in [-0.2, 0) is 4.79 Å². The molecule has 25 heavy (non-hydrogen) atoms. The molecule has 0 unspecified atom stereocenters. The van der Waals surface area contributed by atoms with Gasteiger partial charge in [0.15, 0.2) is 0 Å². The largest absolute Gasteiger partial charge is 0.390 e. The molecule has 2 aliphatic carbocycles. The van der Waals surface area contributed by atoms with E-state index in [1.54, 1.807) is 0 Å². The van der Waals surface area contributed by atoms with E-state index in [0.717, 1.165) is 13.1 Å². The van der Waals surface area contributed by atoms with Crippen molar-refractivity contribution >= 4 is 5.91 Å². The van der Waals surface area contributed by atoms with E-state index in [1.807, 2.05) is 6.92 Å². The molecule has 4 rings (SSSR count). The van der Waals surface area contributed by atoms with E-state index in [1.165, 1.54) is 42.4 Å². The minimum atomic E-state index is -0.604. The normalized spacial score (nSPS) is 31.5. The van der Waals surface area contributed by atoms with Crippen molar-refractivity contribution in [3.8, 4) is 0 Å². The summed E-state index contributed by atoms with van der Waals surface area (Å²) in [4.78, 5) is 14.5. The Morgan fingerprint density at radius 2 is 1.64 bits per heavy atom. The predicted molar refractivity (Wildman–Crippen MR) is 99.5 cm³/mol. The fourth-order valence-corrected chi connectivity index (χ4v) is 5.48. The van der Waals surface area contributed by atoms with E-state index in [2.05, 4.69) is 36.9 Å². The molecule has 1 aliphatic heterocycles. The summed E-state index contributed by atoms with van der Waals surface area (Å²) in [5, 5.41) is 9.85. The zero-order chi connectivity index (χ0) is 17.8. The number of amides is 1. The maximum atomic E-state index is 12.5. The van der Waals surface area contributed by atoms with E-state index in [9.17, 15) is 9.90 Å². The van der Waals surface area contributed by atoms with Crippen LogP contribution in [0.15, 0.2) is 18.2 Å².